The molecule has 0 aromatic heterocycles. The van der Waals surface area contributed by atoms with E-state index in [0.29, 0.717) is 6.04 Å². The summed E-state index contributed by atoms with van der Waals surface area (Å²) in [6, 6.07) is 0.810. The van der Waals surface area contributed by atoms with E-state index in [1.165, 1.54) is 0 Å². The first-order valence-electron chi connectivity index (χ1n) is 5.82. The highest BCUT2D eigenvalue weighted by Crippen LogP contribution is 2.10. The fourth-order valence-electron chi connectivity index (χ4n) is 2.02. The second kappa shape index (κ2) is 6.84. The molecule has 1 aliphatic heterocycles. The molecule has 86 valence electrons. The Morgan fingerprint density at radius 1 is 1.53 bits per heavy atom. The van der Waals surface area contributed by atoms with Crippen molar-refractivity contribution in [1.29, 1.82) is 0 Å². The molecule has 0 radical (unpaired) electrons. The van der Waals surface area contributed by atoms with Crippen LogP contribution in [-0.2, 0) is 0 Å². The van der Waals surface area contributed by atoms with Gasteiger partial charge < -0.3 is 10.4 Å². The lowest BCUT2D eigenvalue weighted by Gasteiger charge is -2.33. The molecule has 0 saturated carbocycles. The summed E-state index contributed by atoms with van der Waals surface area (Å²) in [6.45, 7) is 5.25. The molecule has 3 heteroatoms. The van der Waals surface area contributed by atoms with Gasteiger partial charge in [0, 0.05) is 25.2 Å². The SMILES string of the molecule is C#CCN1CCC(N[C@@H](CC)CO)CC1. The average molecular weight is 210 g/mol. The largest absolute Gasteiger partial charge is 0.395 e. The number of rotatable bonds is 5. The van der Waals surface area contributed by atoms with Crippen molar-refractivity contribution < 1.29 is 5.11 Å². The topological polar surface area (TPSA) is 35.5 Å². The van der Waals surface area contributed by atoms with Crippen LogP contribution in [0.3, 0.4) is 0 Å². The van der Waals surface area contributed by atoms with Crippen molar-refractivity contribution in [2.24, 2.45) is 0 Å². The van der Waals surface area contributed by atoms with Crippen molar-refractivity contribution in [2.45, 2.75) is 38.3 Å². The van der Waals surface area contributed by atoms with Gasteiger partial charge in [-0.3, -0.25) is 4.90 Å². The molecule has 0 bridgehead atoms. The third-order valence-electron chi connectivity index (χ3n) is 3.09. The normalized spacial score (nSPS) is 21.1. The highest BCUT2D eigenvalue weighted by atomic mass is 16.3. The fourth-order valence-corrected chi connectivity index (χ4v) is 2.02. The maximum absolute atomic E-state index is 9.09. The van der Waals surface area contributed by atoms with E-state index in [1.54, 1.807) is 0 Å². The first-order chi connectivity index (χ1) is 7.30. The number of piperidine rings is 1. The summed E-state index contributed by atoms with van der Waals surface area (Å²) < 4.78 is 0. The standard InChI is InChI=1S/C12H22N2O/c1-3-7-14-8-5-12(6-9-14)13-11(4-2)10-15/h1,11-13,15H,4-10H2,2H3/t11-/m0/s1. The Morgan fingerprint density at radius 3 is 2.67 bits per heavy atom. The van der Waals surface area contributed by atoms with Crippen molar-refractivity contribution in [2.75, 3.05) is 26.2 Å². The Balaban J connectivity index is 2.22. The number of hydrogen-bond acceptors (Lipinski definition) is 3. The van der Waals surface area contributed by atoms with Crippen molar-refractivity contribution >= 4 is 0 Å². The molecular weight excluding hydrogens is 188 g/mol. The van der Waals surface area contributed by atoms with E-state index in [9.17, 15) is 0 Å². The Bertz CT molecular complexity index is 200. The fraction of sp³-hybridized carbons (Fsp3) is 0.833. The van der Waals surface area contributed by atoms with E-state index >= 15 is 0 Å². The van der Waals surface area contributed by atoms with Crippen LogP contribution >= 0.6 is 0 Å². The number of aliphatic hydroxyl groups is 1. The van der Waals surface area contributed by atoms with Gasteiger partial charge >= 0.3 is 0 Å². The number of nitrogens with zero attached hydrogens (tertiary/aromatic N) is 1. The highest BCUT2D eigenvalue weighted by molar-refractivity contribution is 4.90. The third-order valence-corrected chi connectivity index (χ3v) is 3.09. The van der Waals surface area contributed by atoms with Gasteiger partial charge in [0.2, 0.25) is 0 Å². The van der Waals surface area contributed by atoms with Crippen molar-refractivity contribution in [3.63, 3.8) is 0 Å². The van der Waals surface area contributed by atoms with Gasteiger partial charge in [-0.15, -0.1) is 6.42 Å². The lowest BCUT2D eigenvalue weighted by Crippen LogP contribution is -2.47. The molecule has 0 aromatic carbocycles. The number of likely N-dealkylation sites (tertiary alicyclic amines) is 1. The number of hydrogen-bond donors (Lipinski definition) is 2. The van der Waals surface area contributed by atoms with E-state index in [4.69, 9.17) is 11.5 Å². The van der Waals surface area contributed by atoms with Crippen LogP contribution in [-0.4, -0.2) is 48.3 Å². The quantitative estimate of drug-likeness (QED) is 0.647. The summed E-state index contributed by atoms with van der Waals surface area (Å²) in [5.74, 6) is 2.68. The summed E-state index contributed by atoms with van der Waals surface area (Å²) in [5, 5.41) is 12.6. The molecule has 1 rings (SSSR count). The Morgan fingerprint density at radius 2 is 2.20 bits per heavy atom. The minimum atomic E-state index is 0.237. The monoisotopic (exact) mass is 210 g/mol. The van der Waals surface area contributed by atoms with Crippen LogP contribution in [0.4, 0.5) is 0 Å². The van der Waals surface area contributed by atoms with Gasteiger partial charge in [-0.25, -0.2) is 0 Å². The molecule has 0 unspecified atom stereocenters. The molecule has 1 fully saturated rings. The molecule has 0 aromatic rings. The Labute approximate surface area is 92.9 Å². The molecule has 0 amide bonds. The molecule has 0 aliphatic carbocycles. The summed E-state index contributed by atoms with van der Waals surface area (Å²) in [6.07, 6.45) is 8.54. The Hall–Kier alpha value is -0.560. The zero-order valence-corrected chi connectivity index (χ0v) is 9.58. The lowest BCUT2D eigenvalue weighted by atomic mass is 10.0. The molecule has 3 nitrogen and oxygen atoms in total. The molecule has 0 spiro atoms. The van der Waals surface area contributed by atoms with Crippen LogP contribution in [0.1, 0.15) is 26.2 Å². The van der Waals surface area contributed by atoms with E-state index < -0.39 is 0 Å². The molecular formula is C12H22N2O. The van der Waals surface area contributed by atoms with Gasteiger partial charge in [0.25, 0.3) is 0 Å². The summed E-state index contributed by atoms with van der Waals surface area (Å²) in [7, 11) is 0. The molecule has 1 atom stereocenters. The van der Waals surface area contributed by atoms with Crippen LogP contribution in [0.15, 0.2) is 0 Å². The summed E-state index contributed by atoms with van der Waals surface area (Å²) in [4.78, 5) is 2.30. The van der Waals surface area contributed by atoms with Gasteiger partial charge in [0.1, 0.15) is 0 Å². The second-order valence-electron chi connectivity index (χ2n) is 4.21. The first-order valence-corrected chi connectivity index (χ1v) is 5.82. The van der Waals surface area contributed by atoms with Gasteiger partial charge in [-0.2, -0.15) is 0 Å². The lowest BCUT2D eigenvalue weighted by molar-refractivity contribution is 0.180. The second-order valence-corrected chi connectivity index (χ2v) is 4.21. The average Bonchev–Trinajstić information content (AvgIpc) is 2.28. The maximum atomic E-state index is 9.09. The summed E-state index contributed by atoms with van der Waals surface area (Å²) in [5.41, 5.74) is 0. The molecule has 1 heterocycles. The van der Waals surface area contributed by atoms with Crippen molar-refractivity contribution in [3.05, 3.63) is 0 Å². The van der Waals surface area contributed by atoms with Crippen molar-refractivity contribution in [1.82, 2.24) is 10.2 Å². The predicted octanol–water partition coefficient (Wildman–Crippen LogP) is 0.444. The smallest absolute Gasteiger partial charge is 0.0598 e. The third kappa shape index (κ3) is 4.21. The zero-order valence-electron chi connectivity index (χ0n) is 9.58. The minimum Gasteiger partial charge on any atom is -0.395 e. The molecule has 1 aliphatic rings. The number of terminal acetylenes is 1. The molecule has 2 N–H and O–H groups in total. The zero-order chi connectivity index (χ0) is 11.1. The van der Waals surface area contributed by atoms with Crippen LogP contribution < -0.4 is 5.32 Å². The number of nitrogens with one attached hydrogen (secondary N) is 1. The van der Waals surface area contributed by atoms with Gasteiger partial charge in [0.05, 0.1) is 13.2 Å². The van der Waals surface area contributed by atoms with Crippen molar-refractivity contribution in [3.8, 4) is 12.3 Å². The van der Waals surface area contributed by atoms with Crippen LogP contribution in [0.5, 0.6) is 0 Å². The molecule has 15 heavy (non-hydrogen) atoms. The predicted molar refractivity (Wildman–Crippen MR) is 62.6 cm³/mol. The molecule has 1 saturated heterocycles. The summed E-state index contributed by atoms with van der Waals surface area (Å²) >= 11 is 0. The van der Waals surface area contributed by atoms with E-state index in [2.05, 4.69) is 23.1 Å². The van der Waals surface area contributed by atoms with E-state index in [1.807, 2.05) is 0 Å². The van der Waals surface area contributed by atoms with Crippen LogP contribution in [0, 0.1) is 12.3 Å². The Kier molecular flexibility index (Phi) is 5.70. The van der Waals surface area contributed by atoms with Gasteiger partial charge in [-0.05, 0) is 19.3 Å². The van der Waals surface area contributed by atoms with Gasteiger partial charge in [0.15, 0.2) is 0 Å². The highest BCUT2D eigenvalue weighted by Gasteiger charge is 2.19. The minimum absolute atomic E-state index is 0.237. The maximum Gasteiger partial charge on any atom is 0.0598 e. The van der Waals surface area contributed by atoms with Crippen LogP contribution in [0.2, 0.25) is 0 Å². The number of aliphatic hydroxyl groups excluding tert-OH is 1. The van der Waals surface area contributed by atoms with Crippen LogP contribution in [0.25, 0.3) is 0 Å². The van der Waals surface area contributed by atoms with Gasteiger partial charge in [-0.1, -0.05) is 12.8 Å². The first kappa shape index (κ1) is 12.5. The van der Waals surface area contributed by atoms with E-state index in [0.717, 1.165) is 38.9 Å². The van der Waals surface area contributed by atoms with E-state index in [-0.39, 0.29) is 12.6 Å².